The van der Waals surface area contributed by atoms with Crippen LogP contribution in [0.4, 0.5) is 0 Å². The van der Waals surface area contributed by atoms with E-state index in [0.29, 0.717) is 20.2 Å². The number of ether oxygens (including phenoxy) is 3. The Bertz CT molecular complexity index is 6810. The van der Waals surface area contributed by atoms with Gasteiger partial charge in [0.1, 0.15) is 17.2 Å². The van der Waals surface area contributed by atoms with Crippen LogP contribution in [0.3, 0.4) is 0 Å². The van der Waals surface area contributed by atoms with Gasteiger partial charge in [-0.05, 0) is 158 Å². The van der Waals surface area contributed by atoms with E-state index in [4.69, 9.17) is 14.2 Å². The molecule has 0 saturated carbocycles. The molecule has 3 aromatic heterocycles. The van der Waals surface area contributed by atoms with Crippen molar-refractivity contribution in [2.45, 2.75) is 78.0 Å². The molecule has 99 heavy (non-hydrogen) atoms. The molecule has 6 heteroatoms. The molecule has 468 valence electrons. The molecule has 15 aromatic carbocycles. The van der Waals surface area contributed by atoms with Gasteiger partial charge in [0.2, 0.25) is 22.6 Å². The summed E-state index contributed by atoms with van der Waals surface area (Å²) in [6.45, 7) is 15.9. The number of hydrogen-bond donors (Lipinski definition) is 0. The average molecular weight is 1270 g/mol. The maximum Gasteiger partial charge on any atom is 0.293 e. The summed E-state index contributed by atoms with van der Waals surface area (Å²) in [4.78, 5) is 0. The van der Waals surface area contributed by atoms with E-state index in [9.17, 15) is 0 Å². The van der Waals surface area contributed by atoms with Gasteiger partial charge in [-0.1, -0.05) is 224 Å². The van der Waals surface area contributed by atoms with Gasteiger partial charge >= 0.3 is 0 Å². The molecule has 0 fully saturated rings. The first kappa shape index (κ1) is 55.4. The fourth-order valence-corrected chi connectivity index (χ4v) is 19.2. The normalized spacial score (nSPS) is 15.3. The summed E-state index contributed by atoms with van der Waals surface area (Å²) in [5, 5.41) is 29.5. The highest BCUT2D eigenvalue weighted by molar-refractivity contribution is 6.19. The third-order valence-electron chi connectivity index (χ3n) is 23.8. The lowest BCUT2D eigenvalue weighted by molar-refractivity contribution is -0.716. The van der Waals surface area contributed by atoms with Crippen LogP contribution in [-0.2, 0) is 36.4 Å². The zero-order valence-electron chi connectivity index (χ0n) is 55.9. The minimum atomic E-state index is -0.135. The third kappa shape index (κ3) is 7.22. The Hall–Kier alpha value is -11.7. The second-order valence-electron chi connectivity index (χ2n) is 29.9. The number of nitrogens with zero attached hydrogens (tertiary/aromatic N) is 3. The first-order valence-corrected chi connectivity index (χ1v) is 34.9. The monoisotopic (exact) mass is 1270 g/mol. The van der Waals surface area contributed by atoms with Crippen molar-refractivity contribution in [3.05, 3.63) is 288 Å². The number of benzene rings is 15. The Morgan fingerprint density at radius 2 is 0.626 bits per heavy atom. The molecular weight excluding hydrogens is 1210 g/mol. The third-order valence-corrected chi connectivity index (χ3v) is 23.8. The molecule has 3 aliphatic heterocycles. The molecular formula is C93H66N3O3+3. The SMILES string of the molecule is CC1(C)c2cc3c(ccc4ccccc43)c3c2-c2c1c1c(ccc4ccccc41)c[n+]2CO3.CC1(C)c2cc3c(ccc4ccccc43)c3c2-c2c1c1ccc4ccccc4c1c[n+]2CO3.CC1(C)c2cc3c(ccc4ccccc43)c3c2-c2c1cc1ccc4ccccc4c1[n+]2CO3. The van der Waals surface area contributed by atoms with Crippen molar-refractivity contribution in [3.8, 4) is 51.0 Å². The number of hydrogen-bond acceptors (Lipinski definition) is 3. The van der Waals surface area contributed by atoms with E-state index >= 15 is 0 Å². The molecule has 6 nitrogen and oxygen atoms in total. The van der Waals surface area contributed by atoms with Crippen LogP contribution in [0.1, 0.15) is 74.9 Å². The minimum Gasteiger partial charge on any atom is -0.434 e. The van der Waals surface area contributed by atoms with E-state index in [1.165, 1.54) is 197 Å². The highest BCUT2D eigenvalue weighted by atomic mass is 16.5. The van der Waals surface area contributed by atoms with Crippen LogP contribution in [0.2, 0.25) is 0 Å². The zero-order chi connectivity index (χ0) is 65.7. The van der Waals surface area contributed by atoms with Crippen molar-refractivity contribution in [3.63, 3.8) is 0 Å². The van der Waals surface area contributed by atoms with Gasteiger partial charge in [-0.15, -0.1) is 0 Å². The Kier molecular flexibility index (Phi) is 10.8. The molecule has 0 N–H and O–H groups in total. The van der Waals surface area contributed by atoms with Crippen LogP contribution in [0.25, 0.3) is 163 Å². The fourth-order valence-electron chi connectivity index (χ4n) is 19.2. The molecule has 0 saturated heterocycles. The summed E-state index contributed by atoms with van der Waals surface area (Å²) < 4.78 is 26.8. The van der Waals surface area contributed by atoms with Crippen molar-refractivity contribution in [2.24, 2.45) is 0 Å². The molecule has 0 amide bonds. The molecule has 0 bridgehead atoms. The Balaban J connectivity index is 0.0000000949. The highest BCUT2D eigenvalue weighted by Crippen LogP contribution is 2.60. The largest absolute Gasteiger partial charge is 0.434 e. The highest BCUT2D eigenvalue weighted by Gasteiger charge is 2.51. The standard InChI is InChI=1S/3C31H22NO/c1-31(2)26-15-24-20-9-5-3-7-18(20)12-14-23(24)30-27(26)29-28(31)22-13-11-19-8-4-6-10-21(19)25(22)16-32(29)17-33-30;1-31(2)25-15-24-21-9-5-3-7-18(21)13-14-23(24)30-27(25)29-28(31)26-20(16-32(29)17-33-30)12-11-19-8-4-6-10-22(19)26;1-31(2)25-16-24-21-9-5-3-7-18(21)13-14-23(24)30-27(25)29-26(31)15-20-12-11-19-8-4-6-10-22(19)28(20)32(29)17-33-30/h3*3-16H,17H2,1-2H3/q3*+1. The fraction of sp³-hybridized carbons (Fsp3) is 0.129. The second-order valence-corrected chi connectivity index (χ2v) is 29.9. The quantitative estimate of drug-likeness (QED) is 0.112. The summed E-state index contributed by atoms with van der Waals surface area (Å²) in [5.74, 6) is 3.12. The van der Waals surface area contributed by atoms with Crippen LogP contribution >= 0.6 is 0 Å². The average Bonchev–Trinajstić information content (AvgIpc) is 1.54. The summed E-state index contributed by atoms with van der Waals surface area (Å²) in [7, 11) is 0. The van der Waals surface area contributed by atoms with Crippen LogP contribution in [-0.4, -0.2) is 0 Å². The molecule has 0 spiro atoms. The molecule has 0 atom stereocenters. The molecule has 0 radical (unpaired) electrons. The van der Waals surface area contributed by atoms with Gasteiger partial charge in [-0.2, -0.15) is 13.7 Å². The van der Waals surface area contributed by atoms with Gasteiger partial charge in [-0.3, -0.25) is 0 Å². The van der Waals surface area contributed by atoms with Crippen LogP contribution in [0.15, 0.2) is 255 Å². The number of pyridine rings is 3. The van der Waals surface area contributed by atoms with Crippen molar-refractivity contribution >= 4 is 129 Å². The Labute approximate surface area is 571 Å². The molecule has 18 aromatic rings. The maximum atomic E-state index is 6.64. The lowest BCUT2D eigenvalue weighted by Crippen LogP contribution is -2.43. The van der Waals surface area contributed by atoms with Gasteiger partial charge in [0.15, 0.2) is 12.4 Å². The number of aromatic nitrogens is 3. The number of rotatable bonds is 0. The van der Waals surface area contributed by atoms with Gasteiger partial charge in [0, 0.05) is 65.3 Å². The predicted octanol–water partition coefficient (Wildman–Crippen LogP) is 21.7. The smallest absolute Gasteiger partial charge is 0.293 e. The predicted molar refractivity (Wildman–Crippen MR) is 405 cm³/mol. The van der Waals surface area contributed by atoms with E-state index in [0.717, 1.165) is 17.2 Å². The van der Waals surface area contributed by atoms with E-state index in [2.05, 4.69) is 310 Å². The van der Waals surface area contributed by atoms with Crippen molar-refractivity contribution < 1.29 is 27.9 Å². The molecule has 3 aliphatic carbocycles. The molecule has 6 aliphatic rings. The van der Waals surface area contributed by atoms with Gasteiger partial charge < -0.3 is 14.2 Å². The van der Waals surface area contributed by atoms with Crippen LogP contribution < -0.4 is 27.9 Å². The van der Waals surface area contributed by atoms with Gasteiger partial charge in [0.05, 0.1) is 27.5 Å². The second kappa shape index (κ2) is 19.3. The maximum absolute atomic E-state index is 6.64. The first-order valence-electron chi connectivity index (χ1n) is 34.9. The first-order chi connectivity index (χ1) is 48.4. The van der Waals surface area contributed by atoms with E-state index in [1.807, 2.05) is 0 Å². The lowest BCUT2D eigenvalue weighted by atomic mass is 9.79. The zero-order valence-corrected chi connectivity index (χ0v) is 55.9. The lowest BCUT2D eigenvalue weighted by Gasteiger charge is -2.22. The van der Waals surface area contributed by atoms with Crippen molar-refractivity contribution in [1.29, 1.82) is 0 Å². The van der Waals surface area contributed by atoms with Crippen molar-refractivity contribution in [2.75, 3.05) is 0 Å². The topological polar surface area (TPSA) is 39.3 Å². The van der Waals surface area contributed by atoms with Crippen LogP contribution in [0, 0.1) is 0 Å². The van der Waals surface area contributed by atoms with E-state index in [-0.39, 0.29) is 16.2 Å². The van der Waals surface area contributed by atoms with Crippen molar-refractivity contribution in [1.82, 2.24) is 0 Å². The molecule has 6 heterocycles. The Morgan fingerprint density at radius 3 is 1.15 bits per heavy atom. The summed E-state index contributed by atoms with van der Waals surface area (Å²) >= 11 is 0. The minimum absolute atomic E-state index is 0.0974. The Morgan fingerprint density at radius 1 is 0.263 bits per heavy atom. The summed E-state index contributed by atoms with van der Waals surface area (Å²) in [5.41, 5.74) is 17.1. The van der Waals surface area contributed by atoms with E-state index < -0.39 is 0 Å². The summed E-state index contributed by atoms with van der Waals surface area (Å²) in [6, 6.07) is 88.9. The number of fused-ring (bicyclic) bond motifs is 24. The molecule has 24 rings (SSSR count). The van der Waals surface area contributed by atoms with Crippen LogP contribution in [0.5, 0.6) is 17.2 Å². The summed E-state index contributed by atoms with van der Waals surface area (Å²) in [6.07, 6.45) is 4.58. The van der Waals surface area contributed by atoms with Gasteiger partial charge in [0.25, 0.3) is 20.2 Å². The molecule has 0 unspecified atom stereocenters. The van der Waals surface area contributed by atoms with E-state index in [1.54, 1.807) is 0 Å². The van der Waals surface area contributed by atoms with Gasteiger partial charge in [-0.25, -0.2) is 0 Å².